The van der Waals surface area contributed by atoms with Crippen LogP contribution >= 0.6 is 10.7 Å². The van der Waals surface area contributed by atoms with Gasteiger partial charge in [0.15, 0.2) is 0 Å². The molecule has 1 aliphatic rings. The van der Waals surface area contributed by atoms with Gasteiger partial charge in [0.25, 0.3) is 0 Å². The van der Waals surface area contributed by atoms with Crippen LogP contribution in [0.2, 0.25) is 0 Å². The molecule has 0 aromatic carbocycles. The highest BCUT2D eigenvalue weighted by molar-refractivity contribution is 8.12. The first-order valence-electron chi connectivity index (χ1n) is 3.59. The van der Waals surface area contributed by atoms with Crippen molar-refractivity contribution in [3.05, 3.63) is 0 Å². The van der Waals surface area contributed by atoms with Gasteiger partial charge in [0.05, 0.1) is 12.0 Å². The van der Waals surface area contributed by atoms with Crippen molar-refractivity contribution in [2.75, 3.05) is 0 Å². The first-order chi connectivity index (χ1) is 5.31. The Morgan fingerprint density at radius 2 is 2.17 bits per heavy atom. The van der Waals surface area contributed by atoms with Gasteiger partial charge in [-0.3, -0.25) is 4.79 Å². The summed E-state index contributed by atoms with van der Waals surface area (Å²) in [5.74, 6) is -0.422. The minimum Gasteiger partial charge on any atom is -0.274 e. The normalized spacial score (nSPS) is 30.2. The summed E-state index contributed by atoms with van der Waals surface area (Å²) in [5, 5.41) is 0. The SMILES string of the molecule is CCC1(C)CC(=O)N1S(=O)(=O)Cl. The zero-order chi connectivity index (χ0) is 9.57. The van der Waals surface area contributed by atoms with E-state index in [1.165, 1.54) is 0 Å². The third-order valence-electron chi connectivity index (χ3n) is 2.23. The van der Waals surface area contributed by atoms with Gasteiger partial charge in [-0.05, 0) is 13.3 Å². The highest BCUT2D eigenvalue weighted by Crippen LogP contribution is 2.38. The van der Waals surface area contributed by atoms with Gasteiger partial charge in [0.1, 0.15) is 0 Å². The van der Waals surface area contributed by atoms with Crippen LogP contribution in [0.4, 0.5) is 0 Å². The molecule has 0 aromatic heterocycles. The maximum Gasteiger partial charge on any atom is 0.324 e. The Morgan fingerprint density at radius 1 is 1.67 bits per heavy atom. The molecule has 1 aliphatic heterocycles. The van der Waals surface area contributed by atoms with Crippen LogP contribution in [0.1, 0.15) is 26.7 Å². The van der Waals surface area contributed by atoms with Crippen LogP contribution in [0, 0.1) is 0 Å². The molecule has 1 amide bonds. The van der Waals surface area contributed by atoms with E-state index in [1.54, 1.807) is 6.92 Å². The molecular weight excluding hydrogens is 202 g/mol. The maximum atomic E-state index is 10.9. The number of amides is 1. The van der Waals surface area contributed by atoms with Crippen LogP contribution in [-0.2, 0) is 14.0 Å². The first kappa shape index (κ1) is 9.80. The van der Waals surface area contributed by atoms with Crippen molar-refractivity contribution >= 4 is 25.8 Å². The largest absolute Gasteiger partial charge is 0.324 e. The van der Waals surface area contributed by atoms with Crippen LogP contribution in [-0.4, -0.2) is 24.2 Å². The molecule has 0 saturated carbocycles. The summed E-state index contributed by atoms with van der Waals surface area (Å²) in [6.07, 6.45) is 0.847. The molecule has 1 atom stereocenters. The fraction of sp³-hybridized carbons (Fsp3) is 0.833. The predicted molar refractivity (Wildman–Crippen MR) is 44.9 cm³/mol. The van der Waals surface area contributed by atoms with Crippen molar-refractivity contribution in [3.8, 4) is 0 Å². The lowest BCUT2D eigenvalue weighted by atomic mass is 9.87. The molecule has 12 heavy (non-hydrogen) atoms. The van der Waals surface area contributed by atoms with E-state index in [0.29, 0.717) is 6.42 Å². The van der Waals surface area contributed by atoms with E-state index < -0.39 is 20.7 Å². The molecule has 0 N–H and O–H groups in total. The monoisotopic (exact) mass is 211 g/mol. The summed E-state index contributed by atoms with van der Waals surface area (Å²) < 4.78 is 22.5. The fourth-order valence-corrected chi connectivity index (χ4v) is 3.09. The van der Waals surface area contributed by atoms with E-state index in [0.717, 1.165) is 4.31 Å². The summed E-state index contributed by atoms with van der Waals surface area (Å²) in [6.45, 7) is 3.52. The Morgan fingerprint density at radius 3 is 2.33 bits per heavy atom. The highest BCUT2D eigenvalue weighted by Gasteiger charge is 2.51. The van der Waals surface area contributed by atoms with Crippen LogP contribution in [0.25, 0.3) is 0 Å². The number of carbonyl (C=O) groups excluding carboxylic acids is 1. The summed E-state index contributed by atoms with van der Waals surface area (Å²) in [5.41, 5.74) is -0.600. The second kappa shape index (κ2) is 2.60. The Balaban J connectivity index is 2.97. The standard InChI is InChI=1S/C6H10ClNO3S/c1-3-6(2)4-5(9)8(6)12(7,10)11/h3-4H2,1-2H3. The molecule has 0 aromatic rings. The van der Waals surface area contributed by atoms with E-state index in [2.05, 4.69) is 0 Å². The van der Waals surface area contributed by atoms with Crippen molar-refractivity contribution < 1.29 is 13.2 Å². The smallest absolute Gasteiger partial charge is 0.274 e. The molecule has 4 nitrogen and oxygen atoms in total. The summed E-state index contributed by atoms with van der Waals surface area (Å²) >= 11 is 0. The summed E-state index contributed by atoms with van der Waals surface area (Å²) in [7, 11) is 1.19. The Bertz CT molecular complexity index is 313. The van der Waals surface area contributed by atoms with E-state index in [1.807, 2.05) is 6.92 Å². The minimum atomic E-state index is -3.88. The molecule has 1 heterocycles. The van der Waals surface area contributed by atoms with Crippen LogP contribution in [0.3, 0.4) is 0 Å². The van der Waals surface area contributed by atoms with E-state index in [4.69, 9.17) is 10.7 Å². The van der Waals surface area contributed by atoms with E-state index >= 15 is 0 Å². The summed E-state index contributed by atoms with van der Waals surface area (Å²) in [4.78, 5) is 10.9. The number of rotatable bonds is 2. The van der Waals surface area contributed by atoms with Gasteiger partial charge in [0.2, 0.25) is 5.91 Å². The Kier molecular flexibility index (Phi) is 2.12. The molecule has 1 rings (SSSR count). The number of hydrogen-bond donors (Lipinski definition) is 0. The topological polar surface area (TPSA) is 54.5 Å². The lowest BCUT2D eigenvalue weighted by Gasteiger charge is -2.46. The van der Waals surface area contributed by atoms with Crippen molar-refractivity contribution in [3.63, 3.8) is 0 Å². The number of nitrogens with zero attached hydrogens (tertiary/aromatic N) is 1. The zero-order valence-electron chi connectivity index (χ0n) is 6.87. The van der Waals surface area contributed by atoms with Gasteiger partial charge in [-0.25, -0.2) is 4.31 Å². The third kappa shape index (κ3) is 1.31. The first-order valence-corrected chi connectivity index (χ1v) is 5.86. The molecule has 6 heteroatoms. The number of hydrogen-bond acceptors (Lipinski definition) is 3. The van der Waals surface area contributed by atoms with Crippen molar-refractivity contribution in [2.45, 2.75) is 32.2 Å². The second-order valence-corrected chi connectivity index (χ2v) is 5.49. The predicted octanol–water partition coefficient (Wildman–Crippen LogP) is 0.871. The number of halogens is 1. The average molecular weight is 212 g/mol. The molecule has 70 valence electrons. The van der Waals surface area contributed by atoms with E-state index in [-0.39, 0.29) is 6.42 Å². The molecule has 0 bridgehead atoms. The van der Waals surface area contributed by atoms with Gasteiger partial charge < -0.3 is 0 Å². The molecular formula is C6H10ClNO3S. The molecule has 1 saturated heterocycles. The molecule has 1 fully saturated rings. The van der Waals surface area contributed by atoms with Gasteiger partial charge in [-0.2, -0.15) is 8.42 Å². The molecule has 0 aliphatic carbocycles. The van der Waals surface area contributed by atoms with Crippen molar-refractivity contribution in [2.24, 2.45) is 0 Å². The Labute approximate surface area is 76.0 Å². The highest BCUT2D eigenvalue weighted by atomic mass is 35.7. The number of β-lactam (4-membered cyclic amide) rings is 1. The molecule has 0 radical (unpaired) electrons. The average Bonchev–Trinajstić information content (AvgIpc) is 1.82. The van der Waals surface area contributed by atoms with Crippen LogP contribution in [0.5, 0.6) is 0 Å². The maximum absolute atomic E-state index is 10.9. The van der Waals surface area contributed by atoms with Crippen molar-refractivity contribution in [1.29, 1.82) is 0 Å². The zero-order valence-corrected chi connectivity index (χ0v) is 8.44. The number of carbonyl (C=O) groups is 1. The third-order valence-corrected chi connectivity index (χ3v) is 3.72. The van der Waals surface area contributed by atoms with Crippen molar-refractivity contribution in [1.82, 2.24) is 4.31 Å². The van der Waals surface area contributed by atoms with Gasteiger partial charge >= 0.3 is 9.24 Å². The summed E-state index contributed by atoms with van der Waals surface area (Å²) in [6, 6.07) is 0. The van der Waals surface area contributed by atoms with E-state index in [9.17, 15) is 13.2 Å². The lowest BCUT2D eigenvalue weighted by Crippen LogP contribution is -2.62. The Hall–Kier alpha value is -0.290. The minimum absolute atomic E-state index is 0.259. The second-order valence-electron chi connectivity index (χ2n) is 3.13. The van der Waals surface area contributed by atoms with Crippen LogP contribution in [0.15, 0.2) is 0 Å². The quantitative estimate of drug-likeness (QED) is 0.503. The van der Waals surface area contributed by atoms with Gasteiger partial charge in [0, 0.05) is 10.7 Å². The fourth-order valence-electron chi connectivity index (χ4n) is 1.33. The van der Waals surface area contributed by atoms with Gasteiger partial charge in [-0.15, -0.1) is 0 Å². The molecule has 1 unspecified atom stereocenters. The molecule has 0 spiro atoms. The van der Waals surface area contributed by atoms with Crippen LogP contribution < -0.4 is 0 Å². The van der Waals surface area contributed by atoms with Gasteiger partial charge in [-0.1, -0.05) is 6.92 Å². The lowest BCUT2D eigenvalue weighted by molar-refractivity contribution is -0.144.